The average molecular weight is 406 g/mol. The van der Waals surface area contributed by atoms with Crippen LogP contribution in [-0.4, -0.2) is 30.3 Å². The van der Waals surface area contributed by atoms with Gasteiger partial charge in [-0.1, -0.05) is 24.5 Å². The van der Waals surface area contributed by atoms with E-state index in [9.17, 15) is 13.2 Å². The molecular weight excluding hydrogens is 384 g/mol. The van der Waals surface area contributed by atoms with E-state index in [1.807, 2.05) is 6.07 Å². The summed E-state index contributed by atoms with van der Waals surface area (Å²) in [6, 6.07) is 5.21. The molecule has 2 aromatic rings. The number of unbranched alkanes of at least 4 members (excludes halogenated alkanes) is 1. The van der Waals surface area contributed by atoms with Crippen LogP contribution in [0.3, 0.4) is 0 Å². The van der Waals surface area contributed by atoms with Crippen molar-refractivity contribution in [1.29, 1.82) is 0 Å². The van der Waals surface area contributed by atoms with Crippen molar-refractivity contribution in [3.05, 3.63) is 35.2 Å². The number of esters is 1. The zero-order chi connectivity index (χ0) is 19.7. The maximum absolute atomic E-state index is 12.2. The third-order valence-corrected chi connectivity index (χ3v) is 6.50. The van der Waals surface area contributed by atoms with Crippen LogP contribution in [0.2, 0.25) is 0 Å². The summed E-state index contributed by atoms with van der Waals surface area (Å²) in [4.78, 5) is 12.1. The Balaban J connectivity index is 1.41. The number of ether oxygens (including phenoxy) is 2. The predicted molar refractivity (Wildman–Crippen MR) is 97.5 cm³/mol. The number of carbonyl (C=O) groups is 1. The molecule has 1 aromatic carbocycles. The molecule has 1 aromatic heterocycles. The van der Waals surface area contributed by atoms with Crippen molar-refractivity contribution < 1.29 is 27.1 Å². The third-order valence-electron chi connectivity index (χ3n) is 4.89. The second-order valence-corrected chi connectivity index (χ2v) is 9.17. The molecule has 1 fully saturated rings. The Kier molecular flexibility index (Phi) is 5.09. The van der Waals surface area contributed by atoms with Gasteiger partial charge in [0.2, 0.25) is 9.84 Å². The summed E-state index contributed by atoms with van der Waals surface area (Å²) in [6.07, 6.45) is 4.46. The van der Waals surface area contributed by atoms with Crippen LogP contribution in [0.25, 0.3) is 0 Å². The van der Waals surface area contributed by atoms with E-state index in [0.29, 0.717) is 11.3 Å². The minimum absolute atomic E-state index is 0.0433. The number of hydrogen-bond donors (Lipinski definition) is 0. The van der Waals surface area contributed by atoms with Crippen molar-refractivity contribution in [2.24, 2.45) is 5.92 Å². The molecule has 8 nitrogen and oxygen atoms in total. The fourth-order valence-electron chi connectivity index (χ4n) is 3.18. The Bertz CT molecular complexity index is 980. The maximum atomic E-state index is 12.2. The fourth-order valence-corrected chi connectivity index (χ4v) is 4.66. The predicted octanol–water partition coefficient (Wildman–Crippen LogP) is 3.23. The highest BCUT2D eigenvalue weighted by atomic mass is 32.2. The van der Waals surface area contributed by atoms with Gasteiger partial charge in [0.1, 0.15) is 11.9 Å². The maximum Gasteiger partial charge on any atom is 0.339 e. The first-order chi connectivity index (χ1) is 13.5. The molecule has 0 spiro atoms. The smallest absolute Gasteiger partial charge is 0.339 e. The van der Waals surface area contributed by atoms with Gasteiger partial charge in [-0.25, -0.2) is 13.2 Å². The molecule has 0 bridgehead atoms. The SMILES string of the molecule is CCCCC1OC(=O)c2cc(OCc3nnc(S(=O)(=O)CC4CC4)o3)ccc21. The highest BCUT2D eigenvalue weighted by molar-refractivity contribution is 7.91. The summed E-state index contributed by atoms with van der Waals surface area (Å²) in [5.74, 6) is 0.407. The van der Waals surface area contributed by atoms with Crippen LogP contribution < -0.4 is 4.74 Å². The van der Waals surface area contributed by atoms with E-state index in [0.717, 1.165) is 37.7 Å². The molecule has 9 heteroatoms. The Morgan fingerprint density at radius 1 is 1.25 bits per heavy atom. The van der Waals surface area contributed by atoms with E-state index in [-0.39, 0.29) is 41.5 Å². The number of fused-ring (bicyclic) bond motifs is 1. The van der Waals surface area contributed by atoms with Gasteiger partial charge < -0.3 is 13.9 Å². The first-order valence-corrected chi connectivity index (χ1v) is 11.1. The Hall–Kier alpha value is -2.42. The first kappa shape index (κ1) is 18.9. The minimum atomic E-state index is -3.55. The molecule has 2 aliphatic rings. The Morgan fingerprint density at radius 2 is 2.07 bits per heavy atom. The number of aromatic nitrogens is 2. The lowest BCUT2D eigenvalue weighted by Gasteiger charge is -2.09. The van der Waals surface area contributed by atoms with Gasteiger partial charge in [0.25, 0.3) is 5.89 Å². The van der Waals surface area contributed by atoms with Crippen LogP contribution in [0.4, 0.5) is 0 Å². The molecule has 1 aliphatic heterocycles. The average Bonchev–Trinajstić information content (AvgIpc) is 3.23. The monoisotopic (exact) mass is 406 g/mol. The second-order valence-electron chi connectivity index (χ2n) is 7.26. The van der Waals surface area contributed by atoms with Crippen molar-refractivity contribution in [3.8, 4) is 5.75 Å². The molecule has 0 radical (unpaired) electrons. The van der Waals surface area contributed by atoms with Gasteiger partial charge in [0.05, 0.1) is 11.3 Å². The molecule has 1 aliphatic carbocycles. The standard InChI is InChI=1S/C19H22N2O6S/c1-2-3-4-16-14-8-7-13(9-15(14)18(22)26-16)25-10-17-20-21-19(27-17)28(23,24)11-12-5-6-12/h7-9,12,16H,2-6,10-11H2,1H3. The molecule has 4 rings (SSSR count). The van der Waals surface area contributed by atoms with Crippen molar-refractivity contribution in [3.63, 3.8) is 0 Å². The normalized spacial score (nSPS) is 18.8. The second kappa shape index (κ2) is 7.54. The van der Waals surface area contributed by atoms with E-state index < -0.39 is 9.84 Å². The number of benzene rings is 1. The molecule has 1 unspecified atom stereocenters. The van der Waals surface area contributed by atoms with Gasteiger partial charge in [-0.15, -0.1) is 5.10 Å². The summed E-state index contributed by atoms with van der Waals surface area (Å²) >= 11 is 0. The topological polar surface area (TPSA) is 109 Å². The minimum Gasteiger partial charge on any atom is -0.484 e. The van der Waals surface area contributed by atoms with E-state index >= 15 is 0 Å². The van der Waals surface area contributed by atoms with Crippen molar-refractivity contribution in [2.75, 3.05) is 5.75 Å². The molecule has 150 valence electrons. The quantitative estimate of drug-likeness (QED) is 0.584. The van der Waals surface area contributed by atoms with Crippen LogP contribution >= 0.6 is 0 Å². The lowest BCUT2D eigenvalue weighted by Crippen LogP contribution is -2.08. The highest BCUT2D eigenvalue weighted by Gasteiger charge is 2.33. The number of rotatable bonds is 9. The Morgan fingerprint density at radius 3 is 2.82 bits per heavy atom. The van der Waals surface area contributed by atoms with Gasteiger partial charge in [-0.2, -0.15) is 0 Å². The van der Waals surface area contributed by atoms with Crippen LogP contribution in [0.15, 0.2) is 27.8 Å². The number of carbonyl (C=O) groups excluding carboxylic acids is 1. The number of hydrogen-bond acceptors (Lipinski definition) is 8. The zero-order valence-corrected chi connectivity index (χ0v) is 16.4. The molecule has 0 N–H and O–H groups in total. The Labute approximate surface area is 163 Å². The van der Waals surface area contributed by atoms with E-state index in [1.54, 1.807) is 12.1 Å². The van der Waals surface area contributed by atoms with Gasteiger partial charge >= 0.3 is 11.2 Å². The number of sulfone groups is 1. The molecule has 2 heterocycles. The molecule has 0 saturated heterocycles. The van der Waals surface area contributed by atoms with Gasteiger partial charge in [-0.3, -0.25) is 0 Å². The largest absolute Gasteiger partial charge is 0.484 e. The van der Waals surface area contributed by atoms with Crippen LogP contribution in [-0.2, 0) is 21.2 Å². The van der Waals surface area contributed by atoms with Gasteiger partial charge in [0, 0.05) is 5.56 Å². The van der Waals surface area contributed by atoms with E-state index in [2.05, 4.69) is 17.1 Å². The highest BCUT2D eigenvalue weighted by Crippen LogP contribution is 2.36. The van der Waals surface area contributed by atoms with Gasteiger partial charge in [0.15, 0.2) is 6.61 Å². The van der Waals surface area contributed by atoms with Gasteiger partial charge in [-0.05, 0) is 43.7 Å². The van der Waals surface area contributed by atoms with Crippen LogP contribution in [0, 0.1) is 5.92 Å². The third kappa shape index (κ3) is 4.04. The summed E-state index contributed by atoms with van der Waals surface area (Å²) in [6.45, 7) is 2.01. The summed E-state index contributed by atoms with van der Waals surface area (Å²) in [7, 11) is -3.55. The number of cyclic esters (lactones) is 1. The summed E-state index contributed by atoms with van der Waals surface area (Å²) in [5, 5.41) is 7.01. The fraction of sp³-hybridized carbons (Fsp3) is 0.526. The summed E-state index contributed by atoms with van der Waals surface area (Å²) in [5.41, 5.74) is 1.37. The molecule has 28 heavy (non-hydrogen) atoms. The van der Waals surface area contributed by atoms with Crippen molar-refractivity contribution >= 4 is 15.8 Å². The van der Waals surface area contributed by atoms with E-state index in [4.69, 9.17) is 13.9 Å². The lowest BCUT2D eigenvalue weighted by atomic mass is 10.0. The molecule has 1 atom stereocenters. The molecule has 1 saturated carbocycles. The zero-order valence-electron chi connectivity index (χ0n) is 15.6. The number of nitrogens with zero attached hydrogens (tertiary/aromatic N) is 2. The van der Waals surface area contributed by atoms with E-state index in [1.165, 1.54) is 0 Å². The van der Waals surface area contributed by atoms with Crippen LogP contribution in [0.5, 0.6) is 5.75 Å². The molecular formula is C19H22N2O6S. The van der Waals surface area contributed by atoms with Crippen molar-refractivity contribution in [1.82, 2.24) is 10.2 Å². The summed E-state index contributed by atoms with van der Waals surface area (Å²) < 4.78 is 40.6. The van der Waals surface area contributed by atoms with Crippen LogP contribution in [0.1, 0.15) is 66.9 Å². The first-order valence-electron chi connectivity index (χ1n) is 9.49. The lowest BCUT2D eigenvalue weighted by molar-refractivity contribution is 0.0364. The van der Waals surface area contributed by atoms with Crippen molar-refractivity contribution in [2.45, 2.75) is 57.0 Å². The molecule has 0 amide bonds.